The van der Waals surface area contributed by atoms with Gasteiger partial charge in [-0.3, -0.25) is 0 Å². The number of para-hydroxylation sites is 1. The highest BCUT2D eigenvalue weighted by Gasteiger charge is 2.31. The molecule has 132 valence electrons. The first kappa shape index (κ1) is 17.5. The lowest BCUT2D eigenvalue weighted by atomic mass is 10.2. The highest BCUT2D eigenvalue weighted by atomic mass is 32.2. The number of halogens is 3. The number of rotatable bonds is 4. The summed E-state index contributed by atoms with van der Waals surface area (Å²) >= 11 is 0. The molecule has 0 aliphatic carbocycles. The van der Waals surface area contributed by atoms with Gasteiger partial charge in [-0.15, -0.1) is 0 Å². The fourth-order valence-electron chi connectivity index (χ4n) is 2.40. The number of benzene rings is 2. The van der Waals surface area contributed by atoms with Crippen LogP contribution >= 0.6 is 0 Å². The summed E-state index contributed by atoms with van der Waals surface area (Å²) in [6.45, 7) is 1.60. The fourth-order valence-corrected chi connectivity index (χ4v) is 3.61. The van der Waals surface area contributed by atoms with Crippen LogP contribution in [0.5, 0.6) is 0 Å². The maximum Gasteiger partial charge on any atom is 0.416 e. The van der Waals surface area contributed by atoms with Gasteiger partial charge in [-0.1, -0.05) is 18.2 Å². The predicted molar refractivity (Wildman–Crippen MR) is 86.4 cm³/mol. The van der Waals surface area contributed by atoms with E-state index in [1.807, 2.05) is 12.1 Å². The van der Waals surface area contributed by atoms with Gasteiger partial charge >= 0.3 is 6.18 Å². The molecule has 2 aromatic carbocycles. The Labute approximate surface area is 142 Å². The zero-order valence-corrected chi connectivity index (χ0v) is 13.9. The van der Waals surface area contributed by atoms with E-state index in [2.05, 4.69) is 4.72 Å². The summed E-state index contributed by atoms with van der Waals surface area (Å²) in [5, 5.41) is 0.832. The van der Waals surface area contributed by atoms with E-state index in [1.165, 1.54) is 0 Å². The molecule has 0 aliphatic rings. The maximum absolute atomic E-state index is 12.6. The van der Waals surface area contributed by atoms with Crippen molar-refractivity contribution in [3.8, 4) is 0 Å². The molecule has 0 fully saturated rings. The lowest BCUT2D eigenvalue weighted by Crippen LogP contribution is -2.26. The molecular weight excluding hydrogens is 355 g/mol. The van der Waals surface area contributed by atoms with Gasteiger partial charge < -0.3 is 4.42 Å². The van der Waals surface area contributed by atoms with Crippen molar-refractivity contribution in [3.63, 3.8) is 0 Å². The third kappa shape index (κ3) is 3.69. The van der Waals surface area contributed by atoms with Crippen LogP contribution in [0.1, 0.15) is 24.3 Å². The summed E-state index contributed by atoms with van der Waals surface area (Å²) in [6, 6.07) is 11.6. The van der Waals surface area contributed by atoms with E-state index < -0.39 is 27.8 Å². The van der Waals surface area contributed by atoms with Crippen LogP contribution in [0, 0.1) is 0 Å². The van der Waals surface area contributed by atoms with Crippen LogP contribution in [0.2, 0.25) is 0 Å². The molecule has 8 heteroatoms. The number of nitrogens with one attached hydrogen (secondary N) is 1. The molecule has 0 saturated heterocycles. The molecule has 4 nitrogen and oxygen atoms in total. The van der Waals surface area contributed by atoms with Crippen molar-refractivity contribution >= 4 is 21.0 Å². The molecule has 0 unspecified atom stereocenters. The Morgan fingerprint density at radius 1 is 1.04 bits per heavy atom. The largest absolute Gasteiger partial charge is 0.459 e. The Hall–Kier alpha value is -2.32. The van der Waals surface area contributed by atoms with Gasteiger partial charge in [0, 0.05) is 5.39 Å². The van der Waals surface area contributed by atoms with Crippen LogP contribution in [0.4, 0.5) is 13.2 Å². The topological polar surface area (TPSA) is 59.3 Å². The minimum absolute atomic E-state index is 0.247. The summed E-state index contributed by atoms with van der Waals surface area (Å²) in [4.78, 5) is -0.247. The Kier molecular flexibility index (Phi) is 4.34. The number of hydrogen-bond donors (Lipinski definition) is 1. The first-order valence-corrected chi connectivity index (χ1v) is 8.83. The maximum atomic E-state index is 12.6. The highest BCUT2D eigenvalue weighted by molar-refractivity contribution is 7.89. The lowest BCUT2D eigenvalue weighted by Gasteiger charge is -2.13. The Balaban J connectivity index is 1.82. The Bertz CT molecular complexity index is 959. The average molecular weight is 369 g/mol. The first-order valence-electron chi connectivity index (χ1n) is 7.35. The second-order valence-corrected chi connectivity index (χ2v) is 7.27. The highest BCUT2D eigenvalue weighted by Crippen LogP contribution is 2.30. The molecule has 3 rings (SSSR count). The first-order chi connectivity index (χ1) is 11.7. The summed E-state index contributed by atoms with van der Waals surface area (Å²) in [5.74, 6) is 0.414. The molecule has 0 bridgehead atoms. The fraction of sp³-hybridized carbons (Fsp3) is 0.176. The van der Waals surface area contributed by atoms with Gasteiger partial charge in [-0.05, 0) is 43.3 Å². The van der Waals surface area contributed by atoms with Crippen LogP contribution in [0.25, 0.3) is 11.0 Å². The average Bonchev–Trinajstić information content (AvgIpc) is 2.98. The molecule has 1 N–H and O–H groups in total. The van der Waals surface area contributed by atoms with E-state index in [4.69, 9.17) is 4.42 Å². The third-order valence-electron chi connectivity index (χ3n) is 3.70. The van der Waals surface area contributed by atoms with Crippen molar-refractivity contribution in [2.75, 3.05) is 0 Å². The smallest absolute Gasteiger partial charge is 0.416 e. The lowest BCUT2D eigenvalue weighted by molar-refractivity contribution is -0.137. The number of sulfonamides is 1. The third-order valence-corrected chi connectivity index (χ3v) is 5.25. The molecule has 0 radical (unpaired) electrons. The second-order valence-electron chi connectivity index (χ2n) is 5.55. The Morgan fingerprint density at radius 2 is 1.68 bits per heavy atom. The van der Waals surface area contributed by atoms with Crippen molar-refractivity contribution in [3.05, 3.63) is 65.9 Å². The van der Waals surface area contributed by atoms with Gasteiger partial charge in [0.1, 0.15) is 11.3 Å². The van der Waals surface area contributed by atoms with Gasteiger partial charge in [0.2, 0.25) is 10.0 Å². The van der Waals surface area contributed by atoms with Crippen LogP contribution < -0.4 is 4.72 Å². The number of hydrogen-bond acceptors (Lipinski definition) is 3. The molecule has 1 aromatic heterocycles. The summed E-state index contributed by atoms with van der Waals surface area (Å²) in [6.07, 6.45) is -4.52. The van der Waals surface area contributed by atoms with Gasteiger partial charge in [-0.25, -0.2) is 13.1 Å². The van der Waals surface area contributed by atoms with E-state index in [-0.39, 0.29) is 4.90 Å². The van der Waals surface area contributed by atoms with Crippen molar-refractivity contribution in [1.82, 2.24) is 4.72 Å². The van der Waals surface area contributed by atoms with Crippen molar-refractivity contribution in [1.29, 1.82) is 0 Å². The van der Waals surface area contributed by atoms with Crippen molar-refractivity contribution in [2.24, 2.45) is 0 Å². The standard InChI is InChI=1S/C17H14F3NO3S/c1-11(16-10-12-4-2-3-5-15(12)24-16)21-25(22,23)14-8-6-13(7-9-14)17(18,19)20/h2-11,21H,1H3/t11-/m0/s1. The molecule has 0 spiro atoms. The van der Waals surface area contributed by atoms with E-state index in [0.717, 1.165) is 29.7 Å². The normalized spacial score (nSPS) is 13.9. The zero-order chi connectivity index (χ0) is 18.2. The summed E-state index contributed by atoms with van der Waals surface area (Å²) in [7, 11) is -3.98. The Morgan fingerprint density at radius 3 is 2.28 bits per heavy atom. The van der Waals surface area contributed by atoms with Crippen LogP contribution in [-0.2, 0) is 16.2 Å². The molecule has 1 heterocycles. The molecule has 0 amide bonds. The molecule has 0 saturated carbocycles. The summed E-state index contributed by atoms with van der Waals surface area (Å²) < 4.78 is 70.4. The van der Waals surface area contributed by atoms with Crippen LogP contribution in [0.15, 0.2) is 63.9 Å². The molecule has 1 atom stereocenters. The molecule has 25 heavy (non-hydrogen) atoms. The SMILES string of the molecule is C[C@H](NS(=O)(=O)c1ccc(C(F)(F)F)cc1)c1cc2ccccc2o1. The predicted octanol–water partition coefficient (Wildman–Crippen LogP) is 4.49. The molecule has 0 aliphatic heterocycles. The quantitative estimate of drug-likeness (QED) is 0.737. The van der Waals surface area contributed by atoms with Gasteiger partial charge in [-0.2, -0.15) is 13.2 Å². The van der Waals surface area contributed by atoms with Crippen molar-refractivity contribution < 1.29 is 26.0 Å². The molecule has 3 aromatic rings. The number of furan rings is 1. The van der Waals surface area contributed by atoms with Gasteiger partial charge in [0.15, 0.2) is 0 Å². The minimum Gasteiger partial charge on any atom is -0.459 e. The van der Waals surface area contributed by atoms with E-state index in [1.54, 1.807) is 25.1 Å². The van der Waals surface area contributed by atoms with Crippen LogP contribution in [-0.4, -0.2) is 8.42 Å². The summed E-state index contributed by atoms with van der Waals surface area (Å²) in [5.41, 5.74) is -0.283. The monoisotopic (exact) mass is 369 g/mol. The van der Waals surface area contributed by atoms with Gasteiger partial charge in [0.25, 0.3) is 0 Å². The molecular formula is C17H14F3NO3S. The van der Waals surface area contributed by atoms with E-state index >= 15 is 0 Å². The number of alkyl halides is 3. The van der Waals surface area contributed by atoms with Crippen LogP contribution in [0.3, 0.4) is 0 Å². The minimum atomic E-state index is -4.52. The van der Waals surface area contributed by atoms with E-state index in [0.29, 0.717) is 11.3 Å². The van der Waals surface area contributed by atoms with E-state index in [9.17, 15) is 21.6 Å². The van der Waals surface area contributed by atoms with Gasteiger partial charge in [0.05, 0.1) is 16.5 Å². The van der Waals surface area contributed by atoms with Crippen molar-refractivity contribution in [2.45, 2.75) is 24.0 Å². The zero-order valence-electron chi connectivity index (χ0n) is 13.0. The number of fused-ring (bicyclic) bond motifs is 1. The second kappa shape index (κ2) is 6.20.